The quantitative estimate of drug-likeness (QED) is 0.122. The first-order chi connectivity index (χ1) is 20.3. The first-order valence-electron chi connectivity index (χ1n) is 13.5. The van der Waals surface area contributed by atoms with Crippen LogP contribution in [0.3, 0.4) is 0 Å². The number of fused-ring (bicyclic) bond motifs is 5. The van der Waals surface area contributed by atoms with E-state index in [-0.39, 0.29) is 32.2 Å². The SMILES string of the molecule is Cc1cc2c(-c3cnc4ccccc4c3)cccc2[cH-]1.Cl.Cl.[CH3-].[Si]=[Zr].[c-]1cccc2c1Cc1ccccc1-2.[c-]1ccccc1. The van der Waals surface area contributed by atoms with Gasteiger partial charge in [-0.3, -0.25) is 4.98 Å². The normalized spacial score (nSPS) is 9.91. The number of halogens is 2. The Morgan fingerprint density at radius 3 is 2.18 bits per heavy atom. The zero-order chi connectivity index (χ0) is 28.4. The molecule has 0 bridgehead atoms. The molecule has 220 valence electrons. The van der Waals surface area contributed by atoms with Gasteiger partial charge in [0.05, 0.1) is 5.52 Å². The molecule has 1 aromatic heterocycles. The Bertz CT molecular complexity index is 1810. The number of nitrogens with zero attached hydrogens (tertiary/aromatic N) is 1. The number of para-hydroxylation sites is 1. The average molecular weight is 706 g/mol. The molecule has 1 nitrogen and oxygen atoms in total. The predicted molar refractivity (Wildman–Crippen MR) is 190 cm³/mol. The standard InChI is InChI=1S/C19H14N.C13H9.C6H5.CH3.2ClH.Si.Zr/c1-13-9-14-6-4-7-17(18(14)10-13)16-11-15-5-2-3-8-19(15)20-12-16;1-3-7-12-10(5-1)9-11-6-2-4-8-13(11)12;1-2-4-6-5-3-1;;;;;/h2-12H,1H3;1-5,7-8H,9H2;1-5H;1H3;2*1H;;/q4*-1;;;;. The summed E-state index contributed by atoms with van der Waals surface area (Å²) in [5.74, 6) is 0. The predicted octanol–water partition coefficient (Wildman–Crippen LogP) is 10.5. The Labute approximate surface area is 291 Å². The molecule has 0 spiro atoms. The Balaban J connectivity index is 0.000000244. The average Bonchev–Trinajstić information content (AvgIpc) is 3.63. The van der Waals surface area contributed by atoms with E-state index in [1.807, 2.05) is 54.7 Å². The third kappa shape index (κ3) is 8.93. The summed E-state index contributed by atoms with van der Waals surface area (Å²) in [7, 11) is 0. The Kier molecular flexibility index (Phi) is 15.6. The van der Waals surface area contributed by atoms with Crippen molar-refractivity contribution in [3.63, 3.8) is 0 Å². The molecule has 0 N–H and O–H groups in total. The minimum Gasteiger partial charge on any atom is -0.184 e. The van der Waals surface area contributed by atoms with Crippen LogP contribution in [0, 0.1) is 26.5 Å². The van der Waals surface area contributed by atoms with Gasteiger partial charge in [0.25, 0.3) is 0 Å². The summed E-state index contributed by atoms with van der Waals surface area (Å²) in [6, 6.07) is 52.0. The van der Waals surface area contributed by atoms with Crippen molar-refractivity contribution in [2.24, 2.45) is 0 Å². The van der Waals surface area contributed by atoms with Crippen molar-refractivity contribution in [2.45, 2.75) is 13.3 Å². The number of benzene rings is 5. The molecule has 1 aliphatic carbocycles. The number of pyridine rings is 1. The molecule has 0 saturated carbocycles. The van der Waals surface area contributed by atoms with Gasteiger partial charge in [-0.05, 0) is 24.1 Å². The molecular weight excluding hydrogens is 673 g/mol. The molecule has 0 amide bonds. The third-order valence-electron chi connectivity index (χ3n) is 7.02. The van der Waals surface area contributed by atoms with E-state index < -0.39 is 0 Å². The topological polar surface area (TPSA) is 12.9 Å². The second-order valence-corrected chi connectivity index (χ2v) is 9.73. The Morgan fingerprint density at radius 2 is 1.43 bits per heavy atom. The molecule has 6 aromatic carbocycles. The van der Waals surface area contributed by atoms with Crippen molar-refractivity contribution in [1.82, 2.24) is 4.98 Å². The molecule has 0 fully saturated rings. The monoisotopic (exact) mass is 703 g/mol. The van der Waals surface area contributed by atoms with E-state index >= 15 is 0 Å². The maximum absolute atomic E-state index is 4.57. The van der Waals surface area contributed by atoms with Crippen LogP contribution in [0.5, 0.6) is 0 Å². The van der Waals surface area contributed by atoms with Crippen molar-refractivity contribution in [1.29, 1.82) is 0 Å². The second-order valence-electron chi connectivity index (χ2n) is 9.73. The first-order valence-corrected chi connectivity index (χ1v) is 17.7. The van der Waals surface area contributed by atoms with Crippen molar-refractivity contribution < 1.29 is 23.3 Å². The summed E-state index contributed by atoms with van der Waals surface area (Å²) in [5, 5.41) is 3.79. The summed E-state index contributed by atoms with van der Waals surface area (Å²) >= 11 is 1.36. The summed E-state index contributed by atoms with van der Waals surface area (Å²) < 4.78 is 0. The van der Waals surface area contributed by atoms with E-state index in [2.05, 4.69) is 116 Å². The Morgan fingerprint density at radius 1 is 0.727 bits per heavy atom. The van der Waals surface area contributed by atoms with E-state index in [4.69, 9.17) is 0 Å². The summed E-state index contributed by atoms with van der Waals surface area (Å²) in [4.78, 5) is 4.57. The first kappa shape index (κ1) is 37.0. The van der Waals surface area contributed by atoms with Gasteiger partial charge in [0.2, 0.25) is 0 Å². The number of hydrogen-bond donors (Lipinski definition) is 0. The number of aryl methyl sites for hydroxylation is 1. The molecule has 8 rings (SSSR count). The van der Waals surface area contributed by atoms with E-state index in [9.17, 15) is 0 Å². The van der Waals surface area contributed by atoms with Crippen molar-refractivity contribution >= 4 is 53.4 Å². The van der Waals surface area contributed by atoms with Crippen molar-refractivity contribution in [3.8, 4) is 22.3 Å². The van der Waals surface area contributed by atoms with Gasteiger partial charge >= 0.3 is 30.2 Å². The minimum absolute atomic E-state index is 0. The van der Waals surface area contributed by atoms with Gasteiger partial charge in [0, 0.05) is 11.6 Å². The second kappa shape index (κ2) is 18.6. The molecule has 5 heteroatoms. The number of aromatic nitrogens is 1. The fraction of sp³-hybridized carbons (Fsp3) is 0.0513. The minimum atomic E-state index is 0. The van der Waals surface area contributed by atoms with Gasteiger partial charge in [-0.1, -0.05) is 72.1 Å². The van der Waals surface area contributed by atoms with Crippen LogP contribution in [0.2, 0.25) is 0 Å². The molecule has 0 aliphatic heterocycles. The van der Waals surface area contributed by atoms with Crippen molar-refractivity contribution in [3.05, 3.63) is 176 Å². The molecule has 44 heavy (non-hydrogen) atoms. The molecular formula is C39H33Cl2NSiZr-4. The van der Waals surface area contributed by atoms with Gasteiger partial charge in [0.1, 0.15) is 0 Å². The molecule has 0 saturated heterocycles. The molecule has 2 radical (unpaired) electrons. The molecule has 0 atom stereocenters. The maximum atomic E-state index is 4.57. The Hall–Kier alpha value is -3.20. The number of hydrogen-bond acceptors (Lipinski definition) is 1. The maximum Gasteiger partial charge on any atom is -0.0253 e. The van der Waals surface area contributed by atoms with E-state index in [1.165, 1.54) is 78.4 Å². The van der Waals surface area contributed by atoms with E-state index in [1.54, 1.807) is 0 Å². The van der Waals surface area contributed by atoms with Crippen LogP contribution in [0.25, 0.3) is 43.9 Å². The molecule has 1 heterocycles. The molecule has 1 aliphatic rings. The third-order valence-corrected chi connectivity index (χ3v) is 7.02. The summed E-state index contributed by atoms with van der Waals surface area (Å²) in [6.45, 7) is 5.20. The van der Waals surface area contributed by atoms with Crippen LogP contribution in [0.1, 0.15) is 16.7 Å². The fourth-order valence-electron chi connectivity index (χ4n) is 5.19. The van der Waals surface area contributed by atoms with Gasteiger partial charge < -0.3 is 7.43 Å². The zero-order valence-corrected chi connectivity index (χ0v) is 29.8. The number of rotatable bonds is 1. The fourth-order valence-corrected chi connectivity index (χ4v) is 5.19. The van der Waals surface area contributed by atoms with Gasteiger partial charge in [0.15, 0.2) is 0 Å². The molecule has 7 aromatic rings. The van der Waals surface area contributed by atoms with Gasteiger partial charge in [-0.2, -0.15) is 72.3 Å². The van der Waals surface area contributed by atoms with E-state index in [0.29, 0.717) is 0 Å². The zero-order valence-electron chi connectivity index (χ0n) is 24.7. The largest absolute Gasteiger partial charge is 0.184 e. The van der Waals surface area contributed by atoms with Crippen LogP contribution in [0.4, 0.5) is 0 Å². The smallest absolute Gasteiger partial charge is 0.0253 e. The van der Waals surface area contributed by atoms with Gasteiger partial charge in [-0.15, -0.1) is 64.9 Å². The molecule has 0 unspecified atom stereocenters. The van der Waals surface area contributed by atoms with Gasteiger partial charge in [-0.25, -0.2) is 0 Å². The van der Waals surface area contributed by atoms with Crippen LogP contribution in [-0.4, -0.2) is 11.9 Å². The van der Waals surface area contributed by atoms with Crippen molar-refractivity contribution in [2.75, 3.05) is 0 Å². The summed E-state index contributed by atoms with van der Waals surface area (Å²) in [5.41, 5.74) is 10.3. The van der Waals surface area contributed by atoms with E-state index in [0.717, 1.165) is 11.9 Å². The van der Waals surface area contributed by atoms with Crippen LogP contribution in [0.15, 0.2) is 140 Å². The van der Waals surface area contributed by atoms with Crippen LogP contribution in [-0.2, 0) is 29.8 Å². The van der Waals surface area contributed by atoms with Crippen LogP contribution < -0.4 is 0 Å². The summed E-state index contributed by atoms with van der Waals surface area (Å²) in [6.07, 6.45) is 3.02. The van der Waals surface area contributed by atoms with Crippen LogP contribution >= 0.6 is 24.8 Å².